The lowest BCUT2D eigenvalue weighted by atomic mass is 10.3. The van der Waals surface area contributed by atoms with Gasteiger partial charge in [0.15, 0.2) is 0 Å². The van der Waals surface area contributed by atoms with Crippen molar-refractivity contribution in [2.24, 2.45) is 0 Å². The zero-order valence-electron chi connectivity index (χ0n) is 8.35. The second-order valence-corrected chi connectivity index (χ2v) is 3.54. The van der Waals surface area contributed by atoms with Crippen molar-refractivity contribution in [3.63, 3.8) is 0 Å². The molecule has 0 radical (unpaired) electrons. The first-order valence-electron chi connectivity index (χ1n) is 4.51. The van der Waals surface area contributed by atoms with Crippen molar-refractivity contribution in [3.05, 3.63) is 0 Å². The molecule has 0 spiro atoms. The fourth-order valence-electron chi connectivity index (χ4n) is 1.10. The smallest absolute Gasteiger partial charge is 0.0589 e. The van der Waals surface area contributed by atoms with Gasteiger partial charge in [0.25, 0.3) is 0 Å². The number of alkyl halides is 1. The number of rotatable bonds is 7. The summed E-state index contributed by atoms with van der Waals surface area (Å²) in [5, 5.41) is 0. The van der Waals surface area contributed by atoms with Crippen LogP contribution in [0.1, 0.15) is 20.3 Å². The average Bonchev–Trinajstić information content (AvgIpc) is 2.04. The summed E-state index contributed by atoms with van der Waals surface area (Å²) in [4.78, 5) is 2.38. The maximum Gasteiger partial charge on any atom is 0.0589 e. The number of halogens is 1. The van der Waals surface area contributed by atoms with Crippen LogP contribution < -0.4 is 0 Å². The highest BCUT2D eigenvalue weighted by Gasteiger charge is 2.07. The minimum absolute atomic E-state index is 0.586. The summed E-state index contributed by atoms with van der Waals surface area (Å²) in [6.45, 7) is 7.28. The Kier molecular flexibility index (Phi) is 7.98. The molecule has 0 aliphatic carbocycles. The molecule has 0 heterocycles. The third-order valence-corrected chi connectivity index (χ3v) is 2.16. The Morgan fingerprint density at radius 1 is 1.33 bits per heavy atom. The number of hydrogen-bond acceptors (Lipinski definition) is 2. The van der Waals surface area contributed by atoms with Crippen molar-refractivity contribution in [3.8, 4) is 0 Å². The van der Waals surface area contributed by atoms with Crippen molar-refractivity contribution in [2.75, 3.05) is 32.7 Å². The fourth-order valence-corrected chi connectivity index (χ4v) is 1.22. The molecule has 0 saturated heterocycles. The normalized spacial score (nSPS) is 11.5. The van der Waals surface area contributed by atoms with Crippen LogP contribution in [0.5, 0.6) is 0 Å². The molecule has 0 unspecified atom stereocenters. The first-order valence-corrected chi connectivity index (χ1v) is 5.04. The standard InChI is InChI=1S/C9H20ClNO/c1-9(2)11(6-4-5-10)7-8-12-3/h9H,4-8H2,1-3H3. The van der Waals surface area contributed by atoms with Gasteiger partial charge in [0, 0.05) is 25.6 Å². The Balaban J connectivity index is 3.55. The molecule has 0 atom stereocenters. The van der Waals surface area contributed by atoms with Crippen LogP contribution in [-0.4, -0.2) is 43.6 Å². The van der Waals surface area contributed by atoms with E-state index in [1.165, 1.54) is 0 Å². The maximum absolute atomic E-state index is 5.63. The van der Waals surface area contributed by atoms with Gasteiger partial charge in [0.2, 0.25) is 0 Å². The lowest BCUT2D eigenvalue weighted by Crippen LogP contribution is -2.34. The topological polar surface area (TPSA) is 12.5 Å². The molecule has 0 rings (SSSR count). The minimum Gasteiger partial charge on any atom is -0.383 e. The van der Waals surface area contributed by atoms with E-state index in [1.54, 1.807) is 7.11 Å². The van der Waals surface area contributed by atoms with Crippen LogP contribution >= 0.6 is 11.6 Å². The summed E-state index contributed by atoms with van der Waals surface area (Å²) in [7, 11) is 1.74. The molecular weight excluding hydrogens is 174 g/mol. The highest BCUT2D eigenvalue weighted by Crippen LogP contribution is 1.99. The molecule has 2 nitrogen and oxygen atoms in total. The van der Waals surface area contributed by atoms with E-state index in [2.05, 4.69) is 18.7 Å². The molecule has 0 saturated carbocycles. The summed E-state index contributed by atoms with van der Waals surface area (Å²) >= 11 is 5.63. The Bertz CT molecular complexity index is 90.5. The molecule has 74 valence electrons. The van der Waals surface area contributed by atoms with E-state index < -0.39 is 0 Å². The summed E-state index contributed by atoms with van der Waals surface area (Å²) in [6, 6.07) is 0.586. The van der Waals surface area contributed by atoms with E-state index in [-0.39, 0.29) is 0 Å². The molecule has 0 aliphatic heterocycles. The summed E-state index contributed by atoms with van der Waals surface area (Å²) in [5.74, 6) is 0.746. The zero-order valence-corrected chi connectivity index (χ0v) is 9.10. The van der Waals surface area contributed by atoms with Gasteiger partial charge < -0.3 is 4.74 Å². The van der Waals surface area contributed by atoms with Crippen LogP contribution in [0.4, 0.5) is 0 Å². The van der Waals surface area contributed by atoms with Gasteiger partial charge in [-0.25, -0.2) is 0 Å². The average molecular weight is 194 g/mol. The second kappa shape index (κ2) is 7.84. The van der Waals surface area contributed by atoms with Crippen molar-refractivity contribution in [1.82, 2.24) is 4.90 Å². The Hall–Kier alpha value is 0.210. The molecule has 0 N–H and O–H groups in total. The summed E-state index contributed by atoms with van der Waals surface area (Å²) < 4.78 is 5.03. The molecule has 0 aromatic heterocycles. The van der Waals surface area contributed by atoms with Crippen molar-refractivity contribution < 1.29 is 4.74 Å². The molecule has 0 fully saturated rings. The Morgan fingerprint density at radius 2 is 2.00 bits per heavy atom. The summed E-state index contributed by atoms with van der Waals surface area (Å²) in [5.41, 5.74) is 0. The van der Waals surface area contributed by atoms with E-state index in [0.717, 1.165) is 32.0 Å². The molecule has 0 aromatic carbocycles. The lowest BCUT2D eigenvalue weighted by molar-refractivity contribution is 0.130. The largest absolute Gasteiger partial charge is 0.383 e. The van der Waals surface area contributed by atoms with E-state index >= 15 is 0 Å². The van der Waals surface area contributed by atoms with Gasteiger partial charge in [-0.3, -0.25) is 4.90 Å². The quantitative estimate of drug-likeness (QED) is 0.574. The van der Waals surface area contributed by atoms with Gasteiger partial charge >= 0.3 is 0 Å². The molecule has 0 aliphatic rings. The van der Waals surface area contributed by atoms with Crippen molar-refractivity contribution in [1.29, 1.82) is 0 Å². The number of nitrogens with zero attached hydrogens (tertiary/aromatic N) is 1. The molecule has 0 amide bonds. The van der Waals surface area contributed by atoms with E-state index in [1.807, 2.05) is 0 Å². The Labute approximate surface area is 80.8 Å². The van der Waals surface area contributed by atoms with Crippen LogP contribution in [0, 0.1) is 0 Å². The van der Waals surface area contributed by atoms with Gasteiger partial charge in [-0.05, 0) is 26.8 Å². The Morgan fingerprint density at radius 3 is 2.42 bits per heavy atom. The number of ether oxygens (including phenoxy) is 1. The van der Waals surface area contributed by atoms with E-state index in [4.69, 9.17) is 16.3 Å². The third-order valence-electron chi connectivity index (χ3n) is 1.89. The second-order valence-electron chi connectivity index (χ2n) is 3.17. The van der Waals surface area contributed by atoms with Crippen molar-refractivity contribution >= 4 is 11.6 Å². The fraction of sp³-hybridized carbons (Fsp3) is 1.00. The predicted molar refractivity (Wildman–Crippen MR) is 53.9 cm³/mol. The van der Waals surface area contributed by atoms with Gasteiger partial charge in [-0.15, -0.1) is 11.6 Å². The SMILES string of the molecule is COCCN(CCCCl)C(C)C. The monoisotopic (exact) mass is 193 g/mol. The third kappa shape index (κ3) is 5.81. The zero-order chi connectivity index (χ0) is 9.40. The van der Waals surface area contributed by atoms with E-state index in [9.17, 15) is 0 Å². The van der Waals surface area contributed by atoms with Gasteiger partial charge in [0.1, 0.15) is 0 Å². The van der Waals surface area contributed by atoms with Crippen LogP contribution in [0.25, 0.3) is 0 Å². The maximum atomic E-state index is 5.63. The van der Waals surface area contributed by atoms with Gasteiger partial charge in [-0.2, -0.15) is 0 Å². The van der Waals surface area contributed by atoms with Crippen LogP contribution in [0.3, 0.4) is 0 Å². The van der Waals surface area contributed by atoms with Crippen molar-refractivity contribution in [2.45, 2.75) is 26.3 Å². The van der Waals surface area contributed by atoms with Gasteiger partial charge in [-0.1, -0.05) is 0 Å². The predicted octanol–water partition coefficient (Wildman–Crippen LogP) is 1.97. The van der Waals surface area contributed by atoms with E-state index in [0.29, 0.717) is 6.04 Å². The first kappa shape index (κ1) is 12.2. The summed E-state index contributed by atoms with van der Waals surface area (Å²) in [6.07, 6.45) is 1.06. The van der Waals surface area contributed by atoms with Crippen LogP contribution in [0.15, 0.2) is 0 Å². The van der Waals surface area contributed by atoms with Crippen LogP contribution in [0.2, 0.25) is 0 Å². The van der Waals surface area contributed by atoms with Crippen LogP contribution in [-0.2, 0) is 4.74 Å². The molecule has 0 aromatic rings. The molecular formula is C9H20ClNO. The minimum atomic E-state index is 0.586. The lowest BCUT2D eigenvalue weighted by Gasteiger charge is -2.25. The van der Waals surface area contributed by atoms with Gasteiger partial charge in [0.05, 0.1) is 6.61 Å². The molecule has 0 bridgehead atoms. The molecule has 12 heavy (non-hydrogen) atoms. The molecule has 3 heteroatoms. The highest BCUT2D eigenvalue weighted by molar-refractivity contribution is 6.17. The highest BCUT2D eigenvalue weighted by atomic mass is 35.5. The number of hydrogen-bond donors (Lipinski definition) is 0. The first-order chi connectivity index (χ1) is 5.72. The number of methoxy groups -OCH3 is 1.